The molecular weight excluding hydrogens is 505 g/mol. The highest BCUT2D eigenvalue weighted by atomic mass is 35.5. The number of aliphatic carboxylic acids is 1. The smallest absolute Gasteiger partial charge is 0.478 e. The second kappa shape index (κ2) is 11.4. The third-order valence-electron chi connectivity index (χ3n) is 5.50. The van der Waals surface area contributed by atoms with Gasteiger partial charge >= 0.3 is 23.7 Å². The lowest BCUT2D eigenvalue weighted by molar-refractivity contribution is -0.192. The van der Waals surface area contributed by atoms with E-state index < -0.39 is 18.1 Å². The van der Waals surface area contributed by atoms with Crippen molar-refractivity contribution in [3.8, 4) is 0 Å². The van der Waals surface area contributed by atoms with Crippen LogP contribution in [-0.4, -0.2) is 52.4 Å². The molecule has 4 rings (SSSR count). The van der Waals surface area contributed by atoms with Crippen molar-refractivity contribution in [3.05, 3.63) is 75.1 Å². The summed E-state index contributed by atoms with van der Waals surface area (Å²) in [5.41, 5.74) is 2.29. The molecule has 0 saturated carbocycles. The molecule has 1 aliphatic rings. The van der Waals surface area contributed by atoms with Gasteiger partial charge in [-0.3, -0.25) is 4.90 Å². The second-order valence-corrected chi connectivity index (χ2v) is 8.56. The number of hydrogen-bond donors (Lipinski definition) is 3. The lowest BCUT2D eigenvalue weighted by Gasteiger charge is -2.33. The number of likely N-dealkylation sites (tertiary alicyclic amines) is 1. The number of anilines is 1. The Bertz CT molecular complexity index is 1290. The summed E-state index contributed by atoms with van der Waals surface area (Å²) in [6.45, 7) is 2.62. The lowest BCUT2D eigenvalue weighted by Crippen LogP contribution is -2.38. The van der Waals surface area contributed by atoms with Gasteiger partial charge in [-0.25, -0.2) is 14.4 Å². The molecule has 36 heavy (non-hydrogen) atoms. The second-order valence-electron chi connectivity index (χ2n) is 8.12. The molecule has 12 heteroatoms. The van der Waals surface area contributed by atoms with Gasteiger partial charge in [0, 0.05) is 42.2 Å². The summed E-state index contributed by atoms with van der Waals surface area (Å²) in [6.07, 6.45) is -3.20. The minimum absolute atomic E-state index is 0.254. The number of nitrogens with one attached hydrogen (secondary N) is 1. The van der Waals surface area contributed by atoms with Gasteiger partial charge < -0.3 is 19.9 Å². The number of alkyl halides is 3. The molecule has 8 nitrogen and oxygen atoms in total. The fourth-order valence-corrected chi connectivity index (χ4v) is 3.89. The summed E-state index contributed by atoms with van der Waals surface area (Å²) in [6, 6.07) is 14.0. The Labute approximate surface area is 207 Å². The number of halogens is 4. The van der Waals surface area contributed by atoms with Crippen LogP contribution in [0.1, 0.15) is 28.8 Å². The molecule has 3 aromatic rings. The van der Waals surface area contributed by atoms with Gasteiger partial charge in [-0.05, 0) is 48.7 Å². The zero-order valence-electron chi connectivity index (χ0n) is 18.7. The Morgan fingerprint density at radius 3 is 2.22 bits per heavy atom. The van der Waals surface area contributed by atoms with E-state index in [-0.39, 0.29) is 11.7 Å². The van der Waals surface area contributed by atoms with Crippen molar-refractivity contribution in [3.63, 3.8) is 0 Å². The van der Waals surface area contributed by atoms with E-state index in [4.69, 9.17) is 31.0 Å². The largest absolute Gasteiger partial charge is 0.490 e. The van der Waals surface area contributed by atoms with Crippen molar-refractivity contribution in [2.75, 3.05) is 18.4 Å². The first-order chi connectivity index (χ1) is 16.9. The quantitative estimate of drug-likeness (QED) is 0.403. The summed E-state index contributed by atoms with van der Waals surface area (Å²) in [5.74, 6) is -3.67. The molecule has 2 heterocycles. The normalized spacial score (nSPS) is 14.7. The van der Waals surface area contributed by atoms with Gasteiger partial charge in [-0.15, -0.1) is 0 Å². The predicted molar refractivity (Wildman–Crippen MR) is 127 cm³/mol. The SMILES string of the molecule is O=C(O)C(F)(F)F.O=C(O)c1ccc(CN2CCC(Nc3cc(=O)oc4ccc(Cl)cc34)CC2)cc1. The molecule has 0 unspecified atom stereocenters. The number of benzene rings is 2. The average molecular weight is 527 g/mol. The number of piperidine rings is 1. The van der Waals surface area contributed by atoms with Crippen LogP contribution in [0, 0.1) is 0 Å². The van der Waals surface area contributed by atoms with Crippen LogP contribution in [0.25, 0.3) is 11.0 Å². The first-order valence-electron chi connectivity index (χ1n) is 10.8. The Balaban J connectivity index is 0.000000454. The maximum Gasteiger partial charge on any atom is 0.490 e. The summed E-state index contributed by atoms with van der Waals surface area (Å²) < 4.78 is 37.0. The summed E-state index contributed by atoms with van der Waals surface area (Å²) in [4.78, 5) is 34.1. The van der Waals surface area contributed by atoms with Gasteiger partial charge in [-0.1, -0.05) is 23.7 Å². The van der Waals surface area contributed by atoms with Crippen molar-refractivity contribution < 1.29 is 37.4 Å². The molecule has 0 spiro atoms. The monoisotopic (exact) mass is 526 g/mol. The average Bonchev–Trinajstić information content (AvgIpc) is 2.81. The fourth-order valence-electron chi connectivity index (χ4n) is 3.72. The van der Waals surface area contributed by atoms with Crippen molar-refractivity contribution in [1.29, 1.82) is 0 Å². The van der Waals surface area contributed by atoms with E-state index in [1.165, 1.54) is 6.07 Å². The Hall–Kier alpha value is -3.57. The minimum atomic E-state index is -5.08. The third-order valence-corrected chi connectivity index (χ3v) is 5.74. The maximum atomic E-state index is 11.9. The standard InChI is InChI=1S/C22H21ClN2O4.C2HF3O2/c23-16-5-6-20-18(11-16)19(12-21(26)29-20)24-17-7-9-25(10-8-17)13-14-1-3-15(4-2-14)22(27)28;3-2(4,5)1(6)7/h1-6,11-12,17,24H,7-10,13H2,(H,27,28);(H,6,7). The Kier molecular flexibility index (Phi) is 8.59. The number of nitrogens with zero attached hydrogens (tertiary/aromatic N) is 1. The summed E-state index contributed by atoms with van der Waals surface area (Å²) in [5, 5.41) is 21.0. The molecule has 3 N–H and O–H groups in total. The van der Waals surface area contributed by atoms with Crippen LogP contribution < -0.4 is 10.9 Å². The lowest BCUT2D eigenvalue weighted by atomic mass is 10.0. The maximum absolute atomic E-state index is 11.9. The van der Waals surface area contributed by atoms with Crippen LogP contribution in [0.4, 0.5) is 18.9 Å². The van der Waals surface area contributed by atoms with Crippen molar-refractivity contribution in [2.45, 2.75) is 31.6 Å². The van der Waals surface area contributed by atoms with E-state index in [2.05, 4.69) is 10.2 Å². The van der Waals surface area contributed by atoms with Crippen molar-refractivity contribution in [1.82, 2.24) is 4.90 Å². The number of carboxylic acids is 2. The minimum Gasteiger partial charge on any atom is -0.478 e. The first-order valence-corrected chi connectivity index (χ1v) is 11.1. The van der Waals surface area contributed by atoms with Crippen molar-refractivity contribution in [2.24, 2.45) is 0 Å². The van der Waals surface area contributed by atoms with E-state index >= 15 is 0 Å². The molecule has 0 radical (unpaired) electrons. The van der Waals surface area contributed by atoms with Gasteiger partial charge in [0.25, 0.3) is 0 Å². The van der Waals surface area contributed by atoms with Crippen molar-refractivity contribution >= 4 is 40.2 Å². The number of aromatic carboxylic acids is 1. The molecule has 0 amide bonds. The molecule has 0 bridgehead atoms. The zero-order chi connectivity index (χ0) is 26.5. The summed E-state index contributed by atoms with van der Waals surface area (Å²) in [7, 11) is 0. The van der Waals surface area contributed by atoms with Crippen LogP contribution in [0.5, 0.6) is 0 Å². The molecule has 1 saturated heterocycles. The Morgan fingerprint density at radius 2 is 1.67 bits per heavy atom. The van der Waals surface area contributed by atoms with E-state index in [0.717, 1.165) is 49.1 Å². The van der Waals surface area contributed by atoms with Gasteiger partial charge in [0.1, 0.15) is 5.58 Å². The third kappa shape index (κ3) is 7.46. The van der Waals surface area contributed by atoms with E-state index in [9.17, 15) is 22.8 Å². The molecule has 0 atom stereocenters. The molecule has 192 valence electrons. The highest BCUT2D eigenvalue weighted by Crippen LogP contribution is 2.27. The van der Waals surface area contributed by atoms with E-state index in [1.807, 2.05) is 12.1 Å². The highest BCUT2D eigenvalue weighted by molar-refractivity contribution is 6.31. The number of carbonyl (C=O) groups is 2. The van der Waals surface area contributed by atoms with Crippen LogP contribution in [0.2, 0.25) is 5.02 Å². The molecule has 1 fully saturated rings. The van der Waals surface area contributed by atoms with Gasteiger partial charge in [-0.2, -0.15) is 13.2 Å². The number of fused-ring (bicyclic) bond motifs is 1. The Morgan fingerprint density at radius 1 is 1.06 bits per heavy atom. The molecule has 1 aliphatic heterocycles. The number of carboxylic acid groups (broad SMARTS) is 2. The van der Waals surface area contributed by atoms with Gasteiger partial charge in [0.15, 0.2) is 0 Å². The highest BCUT2D eigenvalue weighted by Gasteiger charge is 2.38. The first kappa shape index (κ1) is 27.0. The summed E-state index contributed by atoms with van der Waals surface area (Å²) >= 11 is 6.11. The molecule has 1 aromatic heterocycles. The van der Waals surface area contributed by atoms with E-state index in [0.29, 0.717) is 16.2 Å². The zero-order valence-corrected chi connectivity index (χ0v) is 19.5. The van der Waals surface area contributed by atoms with Crippen LogP contribution in [0.3, 0.4) is 0 Å². The predicted octanol–water partition coefficient (Wildman–Crippen LogP) is 4.85. The number of rotatable bonds is 5. The van der Waals surface area contributed by atoms with Crippen LogP contribution in [-0.2, 0) is 11.3 Å². The van der Waals surface area contributed by atoms with Gasteiger partial charge in [0.2, 0.25) is 0 Å². The van der Waals surface area contributed by atoms with Crippen LogP contribution in [0.15, 0.2) is 57.7 Å². The molecule has 2 aromatic carbocycles. The molecular formula is C24H22ClF3N2O6. The topological polar surface area (TPSA) is 120 Å². The fraction of sp³-hybridized carbons (Fsp3) is 0.292. The van der Waals surface area contributed by atoms with Gasteiger partial charge in [0.05, 0.1) is 11.3 Å². The molecule has 0 aliphatic carbocycles. The number of hydrogen-bond acceptors (Lipinski definition) is 6. The van der Waals surface area contributed by atoms with Crippen LogP contribution >= 0.6 is 11.6 Å². The van der Waals surface area contributed by atoms with E-state index in [1.54, 1.807) is 30.3 Å².